The number of aromatic nitrogens is 2. The number of rotatable bonds is 6. The summed E-state index contributed by atoms with van der Waals surface area (Å²) >= 11 is 0. The number of hydrogen-bond acceptors (Lipinski definition) is 4. The summed E-state index contributed by atoms with van der Waals surface area (Å²) in [5, 5.41) is 3.15. The van der Waals surface area contributed by atoms with Gasteiger partial charge in [0.1, 0.15) is 5.69 Å². The topological polar surface area (TPSA) is 58.1 Å². The van der Waals surface area contributed by atoms with Crippen LogP contribution in [0, 0.1) is 6.92 Å². The molecule has 5 heteroatoms. The van der Waals surface area contributed by atoms with Crippen molar-refractivity contribution in [3.8, 4) is 0 Å². The highest BCUT2D eigenvalue weighted by Crippen LogP contribution is 2.16. The first-order valence-electron chi connectivity index (χ1n) is 9.04. The maximum Gasteiger partial charge on any atom is 0.273 e. The van der Waals surface area contributed by atoms with Crippen molar-refractivity contribution >= 4 is 17.5 Å². The van der Waals surface area contributed by atoms with E-state index in [1.807, 2.05) is 80.3 Å². The van der Waals surface area contributed by atoms with Crippen LogP contribution in [0.25, 0.3) is 0 Å². The zero-order valence-electron chi connectivity index (χ0n) is 15.9. The van der Waals surface area contributed by atoms with Gasteiger partial charge in [0.15, 0.2) is 0 Å². The van der Waals surface area contributed by atoms with Gasteiger partial charge in [-0.2, -0.15) is 0 Å². The van der Waals surface area contributed by atoms with Crippen LogP contribution in [0.4, 0.5) is 11.6 Å². The second-order valence-corrected chi connectivity index (χ2v) is 6.77. The molecule has 0 aliphatic heterocycles. The number of nitrogens with one attached hydrogen (secondary N) is 1. The third kappa shape index (κ3) is 4.91. The molecule has 0 aliphatic rings. The van der Waals surface area contributed by atoms with Gasteiger partial charge in [0.05, 0.1) is 0 Å². The molecule has 0 fully saturated rings. The summed E-state index contributed by atoms with van der Waals surface area (Å²) in [5.74, 6) is 0.302. The Hall–Kier alpha value is -3.21. The number of aryl methyl sites for hydroxylation is 1. The minimum atomic E-state index is -0.108. The Morgan fingerprint density at radius 2 is 1.74 bits per heavy atom. The summed E-state index contributed by atoms with van der Waals surface area (Å²) in [7, 11) is 0. The highest BCUT2D eigenvalue weighted by atomic mass is 16.2. The number of amides is 1. The lowest BCUT2D eigenvalue weighted by molar-refractivity contribution is 0.0684. The molecule has 0 spiro atoms. The molecule has 5 nitrogen and oxygen atoms in total. The van der Waals surface area contributed by atoms with Gasteiger partial charge in [-0.1, -0.05) is 48.0 Å². The molecule has 1 aromatic heterocycles. The SMILES string of the molecule is Cc1ccc(Nc2nccc(C(=O)N(Cc3ccccc3)C(C)C)n2)cc1. The highest BCUT2D eigenvalue weighted by molar-refractivity contribution is 5.92. The van der Waals surface area contributed by atoms with Crippen molar-refractivity contribution in [2.75, 3.05) is 5.32 Å². The fraction of sp³-hybridized carbons (Fsp3) is 0.227. The summed E-state index contributed by atoms with van der Waals surface area (Å²) in [6.07, 6.45) is 1.61. The van der Waals surface area contributed by atoms with Gasteiger partial charge >= 0.3 is 0 Å². The van der Waals surface area contributed by atoms with Crippen molar-refractivity contribution in [1.82, 2.24) is 14.9 Å². The summed E-state index contributed by atoms with van der Waals surface area (Å²) < 4.78 is 0. The van der Waals surface area contributed by atoms with E-state index in [0.717, 1.165) is 11.3 Å². The van der Waals surface area contributed by atoms with E-state index in [0.29, 0.717) is 18.2 Å². The minimum absolute atomic E-state index is 0.0566. The highest BCUT2D eigenvalue weighted by Gasteiger charge is 2.20. The average molecular weight is 360 g/mol. The van der Waals surface area contributed by atoms with Crippen LogP contribution >= 0.6 is 0 Å². The van der Waals surface area contributed by atoms with Crippen LogP contribution in [-0.2, 0) is 6.54 Å². The normalized spacial score (nSPS) is 10.7. The van der Waals surface area contributed by atoms with Crippen molar-refractivity contribution in [3.63, 3.8) is 0 Å². The molecule has 3 rings (SSSR count). The molecule has 138 valence electrons. The predicted molar refractivity (Wildman–Crippen MR) is 108 cm³/mol. The Kier molecular flexibility index (Phi) is 5.81. The first-order valence-corrected chi connectivity index (χ1v) is 9.04. The van der Waals surface area contributed by atoms with E-state index in [9.17, 15) is 4.79 Å². The van der Waals surface area contributed by atoms with Gasteiger partial charge in [0, 0.05) is 24.5 Å². The quantitative estimate of drug-likeness (QED) is 0.699. The Bertz CT molecular complexity index is 892. The third-order valence-electron chi connectivity index (χ3n) is 4.26. The van der Waals surface area contributed by atoms with E-state index < -0.39 is 0 Å². The Morgan fingerprint density at radius 1 is 1.04 bits per heavy atom. The first kappa shape index (κ1) is 18.6. The van der Waals surface area contributed by atoms with Crippen LogP contribution < -0.4 is 5.32 Å². The molecule has 1 heterocycles. The van der Waals surface area contributed by atoms with Crippen LogP contribution in [0.3, 0.4) is 0 Å². The van der Waals surface area contributed by atoms with Gasteiger partial charge in [-0.05, 0) is 44.5 Å². The molecule has 27 heavy (non-hydrogen) atoms. The number of carbonyl (C=O) groups excluding carboxylic acids is 1. The fourth-order valence-corrected chi connectivity index (χ4v) is 2.72. The number of anilines is 2. The van der Waals surface area contributed by atoms with Crippen molar-refractivity contribution < 1.29 is 4.79 Å². The van der Waals surface area contributed by atoms with Gasteiger partial charge in [0.25, 0.3) is 5.91 Å². The van der Waals surface area contributed by atoms with Crippen LogP contribution in [0.1, 0.15) is 35.5 Å². The van der Waals surface area contributed by atoms with Crippen LogP contribution in [0.5, 0.6) is 0 Å². The smallest absolute Gasteiger partial charge is 0.273 e. The van der Waals surface area contributed by atoms with E-state index in [1.165, 1.54) is 5.56 Å². The lowest BCUT2D eigenvalue weighted by Crippen LogP contribution is -2.37. The molecular weight excluding hydrogens is 336 g/mol. The first-order chi connectivity index (χ1) is 13.0. The molecule has 1 N–H and O–H groups in total. The van der Waals surface area contributed by atoms with E-state index >= 15 is 0 Å². The van der Waals surface area contributed by atoms with Crippen molar-refractivity contribution in [1.29, 1.82) is 0 Å². The number of benzene rings is 2. The van der Waals surface area contributed by atoms with Crippen molar-refractivity contribution in [2.45, 2.75) is 33.4 Å². The summed E-state index contributed by atoms with van der Waals surface area (Å²) in [6.45, 7) is 6.59. The number of hydrogen-bond donors (Lipinski definition) is 1. The average Bonchev–Trinajstić information content (AvgIpc) is 2.68. The molecule has 0 aliphatic carbocycles. The summed E-state index contributed by atoms with van der Waals surface area (Å²) in [6, 6.07) is 19.6. The van der Waals surface area contributed by atoms with Gasteiger partial charge in [-0.3, -0.25) is 4.79 Å². The monoisotopic (exact) mass is 360 g/mol. The lowest BCUT2D eigenvalue weighted by Gasteiger charge is -2.26. The second-order valence-electron chi connectivity index (χ2n) is 6.77. The predicted octanol–water partition coefficient (Wildman–Crippen LogP) is 4.58. The van der Waals surface area contributed by atoms with Crippen LogP contribution in [0.15, 0.2) is 66.9 Å². The van der Waals surface area contributed by atoms with Gasteiger partial charge in [-0.15, -0.1) is 0 Å². The standard InChI is InChI=1S/C22H24N4O/c1-16(2)26(15-18-7-5-4-6-8-18)21(27)20-13-14-23-22(25-20)24-19-11-9-17(3)10-12-19/h4-14,16H,15H2,1-3H3,(H,23,24,25). The van der Waals surface area contributed by atoms with Gasteiger partial charge in [0.2, 0.25) is 5.95 Å². The molecular formula is C22H24N4O. The second kappa shape index (κ2) is 8.45. The molecule has 0 bridgehead atoms. The van der Waals surface area contributed by atoms with Crippen molar-refractivity contribution in [2.24, 2.45) is 0 Å². The molecule has 0 unspecified atom stereocenters. The fourth-order valence-electron chi connectivity index (χ4n) is 2.72. The number of nitrogens with zero attached hydrogens (tertiary/aromatic N) is 3. The Morgan fingerprint density at radius 3 is 2.41 bits per heavy atom. The van der Waals surface area contributed by atoms with E-state index in [2.05, 4.69) is 15.3 Å². The Balaban J connectivity index is 1.79. The summed E-state index contributed by atoms with van der Waals surface area (Å²) in [4.78, 5) is 23.5. The molecule has 1 amide bonds. The summed E-state index contributed by atoms with van der Waals surface area (Å²) in [5.41, 5.74) is 3.53. The zero-order chi connectivity index (χ0) is 19.2. The number of carbonyl (C=O) groups is 1. The largest absolute Gasteiger partial charge is 0.331 e. The maximum absolute atomic E-state index is 13.0. The van der Waals surface area contributed by atoms with Crippen molar-refractivity contribution in [3.05, 3.63) is 83.7 Å². The van der Waals surface area contributed by atoms with E-state index in [-0.39, 0.29) is 11.9 Å². The third-order valence-corrected chi connectivity index (χ3v) is 4.26. The van der Waals surface area contributed by atoms with Gasteiger partial charge < -0.3 is 10.2 Å². The van der Waals surface area contributed by atoms with Crippen LogP contribution in [-0.4, -0.2) is 26.8 Å². The lowest BCUT2D eigenvalue weighted by atomic mass is 10.1. The zero-order valence-corrected chi connectivity index (χ0v) is 15.9. The molecule has 0 radical (unpaired) electrons. The van der Waals surface area contributed by atoms with Crippen LogP contribution in [0.2, 0.25) is 0 Å². The molecule has 2 aromatic carbocycles. The maximum atomic E-state index is 13.0. The van der Waals surface area contributed by atoms with Gasteiger partial charge in [-0.25, -0.2) is 9.97 Å². The molecule has 3 aromatic rings. The minimum Gasteiger partial charge on any atom is -0.331 e. The molecule has 0 saturated heterocycles. The Labute approximate surface area is 160 Å². The van der Waals surface area contributed by atoms with E-state index in [4.69, 9.17) is 0 Å². The molecule has 0 saturated carbocycles. The molecule has 0 atom stereocenters. The van der Waals surface area contributed by atoms with E-state index in [1.54, 1.807) is 12.3 Å².